The average molecular weight is 720 g/mol. The third kappa shape index (κ3) is 6.43. The van der Waals surface area contributed by atoms with Gasteiger partial charge in [0.25, 0.3) is 5.91 Å². The van der Waals surface area contributed by atoms with Crippen LogP contribution in [0, 0.1) is 0 Å². The standard InChI is InChI=1S/C45H45N5O4/c1-43(2,3)54-42(52)49-27-25-44(30-49,53-4)41(51)47-36-22-23-37-39(29-36)50(48-40(37)32-24-26-46-38(28-32)31-20-21-31)45(33-14-8-5-9-15-33,34-16-10-6-11-17-34)35-18-12-7-13-19-35/h5-19,22-24,26,28-29,31H,20-21,25,27,30H2,1-4H3,(H,47,51). The first-order chi connectivity index (χ1) is 26.1. The molecule has 9 nitrogen and oxygen atoms in total. The van der Waals surface area contributed by atoms with E-state index in [4.69, 9.17) is 19.6 Å². The Bertz CT molecular complexity index is 2200. The summed E-state index contributed by atoms with van der Waals surface area (Å²) in [5, 5.41) is 9.66. The Morgan fingerprint density at radius 2 is 1.43 bits per heavy atom. The van der Waals surface area contributed by atoms with Gasteiger partial charge in [-0.25, -0.2) is 9.48 Å². The Balaban J connectivity index is 1.30. The van der Waals surface area contributed by atoms with Gasteiger partial charge in [0.05, 0.1) is 12.1 Å². The molecular weight excluding hydrogens is 675 g/mol. The Hall–Kier alpha value is -5.80. The molecule has 1 aliphatic heterocycles. The Kier molecular flexibility index (Phi) is 9.06. The van der Waals surface area contributed by atoms with Crippen LogP contribution in [-0.2, 0) is 19.8 Å². The molecule has 3 heterocycles. The van der Waals surface area contributed by atoms with Gasteiger partial charge in [0.15, 0.2) is 5.60 Å². The second-order valence-corrected chi connectivity index (χ2v) is 15.3. The van der Waals surface area contributed by atoms with Crippen LogP contribution in [0.3, 0.4) is 0 Å². The number of fused-ring (bicyclic) bond motifs is 1. The van der Waals surface area contributed by atoms with Gasteiger partial charge >= 0.3 is 6.09 Å². The predicted molar refractivity (Wildman–Crippen MR) is 210 cm³/mol. The molecule has 2 fully saturated rings. The maximum absolute atomic E-state index is 14.2. The minimum atomic E-state index is -1.24. The lowest BCUT2D eigenvalue weighted by atomic mass is 9.77. The van der Waals surface area contributed by atoms with Crippen LogP contribution in [0.25, 0.3) is 22.2 Å². The fraction of sp³-hybridized carbons (Fsp3) is 0.289. The SMILES string of the molecule is COC1(C(=O)Nc2ccc3c(-c4ccnc(C5CC5)c4)nn(C(c4ccccc4)(c4ccccc4)c4ccccc4)c3c2)CCN(C(=O)OC(C)(C)C)C1. The normalized spacial score (nSPS) is 17.4. The van der Waals surface area contributed by atoms with E-state index in [0.717, 1.165) is 57.4 Å². The van der Waals surface area contributed by atoms with Crippen molar-refractivity contribution >= 4 is 28.6 Å². The second-order valence-electron chi connectivity index (χ2n) is 15.3. The Labute approximate surface area is 315 Å². The summed E-state index contributed by atoms with van der Waals surface area (Å²) in [6.07, 6.45) is 4.04. The molecule has 1 unspecified atom stereocenters. The number of carbonyl (C=O) groups excluding carboxylic acids is 2. The van der Waals surface area contributed by atoms with Crippen LogP contribution < -0.4 is 5.32 Å². The zero-order valence-corrected chi connectivity index (χ0v) is 31.2. The highest BCUT2D eigenvalue weighted by Gasteiger charge is 2.48. The van der Waals surface area contributed by atoms with Gasteiger partial charge < -0.3 is 19.7 Å². The third-order valence-corrected chi connectivity index (χ3v) is 10.6. The van der Waals surface area contributed by atoms with Crippen molar-refractivity contribution in [2.45, 2.75) is 62.7 Å². The minimum absolute atomic E-state index is 0.0824. The summed E-state index contributed by atoms with van der Waals surface area (Å²) in [7, 11) is 1.52. The van der Waals surface area contributed by atoms with Crippen molar-refractivity contribution in [3.05, 3.63) is 150 Å². The summed E-state index contributed by atoms with van der Waals surface area (Å²) in [6.45, 7) is 5.90. The highest BCUT2D eigenvalue weighted by Crippen LogP contribution is 2.45. The quantitative estimate of drug-likeness (QED) is 0.150. The highest BCUT2D eigenvalue weighted by atomic mass is 16.6. The minimum Gasteiger partial charge on any atom is -0.444 e. The zero-order valence-electron chi connectivity index (χ0n) is 31.2. The van der Waals surface area contributed by atoms with E-state index in [2.05, 4.69) is 88.9 Å². The average Bonchev–Trinajstić information content (AvgIpc) is 3.84. The molecule has 1 atom stereocenters. The predicted octanol–water partition coefficient (Wildman–Crippen LogP) is 8.78. The van der Waals surface area contributed by atoms with E-state index in [1.54, 1.807) is 0 Å². The van der Waals surface area contributed by atoms with Gasteiger partial charge in [-0.3, -0.25) is 9.78 Å². The fourth-order valence-corrected chi connectivity index (χ4v) is 7.72. The number of hydrogen-bond donors (Lipinski definition) is 1. The summed E-state index contributed by atoms with van der Waals surface area (Å²) in [5.74, 6) is 0.150. The molecule has 4 aromatic carbocycles. The Morgan fingerprint density at radius 1 is 0.815 bits per heavy atom. The van der Waals surface area contributed by atoms with E-state index in [0.29, 0.717) is 24.6 Å². The largest absolute Gasteiger partial charge is 0.444 e. The molecule has 54 heavy (non-hydrogen) atoms. The van der Waals surface area contributed by atoms with Gasteiger partial charge in [-0.15, -0.1) is 0 Å². The number of methoxy groups -OCH3 is 1. The van der Waals surface area contributed by atoms with Crippen molar-refractivity contribution in [2.24, 2.45) is 0 Å². The number of benzene rings is 4. The molecule has 8 rings (SSSR count). The van der Waals surface area contributed by atoms with Gasteiger partial charge in [-0.05, 0) is 80.6 Å². The molecule has 0 spiro atoms. The molecule has 1 aliphatic carbocycles. The first-order valence-electron chi connectivity index (χ1n) is 18.6. The number of anilines is 1. The lowest BCUT2D eigenvalue weighted by Crippen LogP contribution is -2.48. The van der Waals surface area contributed by atoms with E-state index in [-0.39, 0.29) is 12.5 Å². The van der Waals surface area contributed by atoms with Crippen molar-refractivity contribution in [3.8, 4) is 11.3 Å². The van der Waals surface area contributed by atoms with Crippen LogP contribution in [0.4, 0.5) is 10.5 Å². The molecule has 9 heteroatoms. The maximum atomic E-state index is 14.2. The summed E-state index contributed by atoms with van der Waals surface area (Å²) >= 11 is 0. The molecule has 2 aromatic heterocycles. The maximum Gasteiger partial charge on any atom is 0.410 e. The molecule has 1 N–H and O–H groups in total. The number of hydrogen-bond acceptors (Lipinski definition) is 6. The third-order valence-electron chi connectivity index (χ3n) is 10.6. The van der Waals surface area contributed by atoms with Crippen LogP contribution in [0.1, 0.15) is 68.3 Å². The number of aromatic nitrogens is 3. The van der Waals surface area contributed by atoms with Crippen LogP contribution in [0.5, 0.6) is 0 Å². The summed E-state index contributed by atoms with van der Waals surface area (Å²) < 4.78 is 13.6. The summed E-state index contributed by atoms with van der Waals surface area (Å²) in [4.78, 5) is 33.4. The van der Waals surface area contributed by atoms with Crippen LogP contribution in [0.15, 0.2) is 128 Å². The van der Waals surface area contributed by atoms with Crippen LogP contribution >= 0.6 is 0 Å². The lowest BCUT2D eigenvalue weighted by molar-refractivity contribution is -0.136. The van der Waals surface area contributed by atoms with E-state index in [9.17, 15) is 9.59 Å². The van der Waals surface area contributed by atoms with Gasteiger partial charge in [-0.1, -0.05) is 91.0 Å². The number of pyridine rings is 1. The van der Waals surface area contributed by atoms with Gasteiger partial charge in [-0.2, -0.15) is 5.10 Å². The van der Waals surface area contributed by atoms with E-state index < -0.39 is 22.8 Å². The number of likely N-dealkylation sites (tertiary alicyclic amines) is 1. The first kappa shape index (κ1) is 35.2. The van der Waals surface area contributed by atoms with E-state index >= 15 is 0 Å². The van der Waals surface area contributed by atoms with Gasteiger partial charge in [0.2, 0.25) is 0 Å². The number of nitrogens with zero attached hydrogens (tertiary/aromatic N) is 4. The number of ether oxygens (including phenoxy) is 2. The zero-order chi connectivity index (χ0) is 37.5. The molecule has 6 aromatic rings. The Morgan fingerprint density at radius 3 is 1.98 bits per heavy atom. The number of carbonyl (C=O) groups is 2. The van der Waals surface area contributed by atoms with Gasteiger partial charge in [0, 0.05) is 54.5 Å². The second kappa shape index (κ2) is 13.9. The van der Waals surface area contributed by atoms with Crippen molar-refractivity contribution in [3.63, 3.8) is 0 Å². The fourth-order valence-electron chi connectivity index (χ4n) is 7.72. The van der Waals surface area contributed by atoms with Crippen molar-refractivity contribution in [1.29, 1.82) is 0 Å². The molecule has 0 radical (unpaired) electrons. The molecule has 2 amide bonds. The monoisotopic (exact) mass is 719 g/mol. The van der Waals surface area contributed by atoms with Crippen molar-refractivity contribution in [1.82, 2.24) is 19.7 Å². The first-order valence-corrected chi connectivity index (χ1v) is 18.6. The molecule has 2 aliphatic rings. The van der Waals surface area contributed by atoms with Crippen LogP contribution in [-0.4, -0.2) is 63.1 Å². The summed E-state index contributed by atoms with van der Waals surface area (Å²) in [6, 6.07) is 41.5. The molecular formula is C45H45N5O4. The van der Waals surface area contributed by atoms with Crippen molar-refractivity contribution < 1.29 is 19.1 Å². The topological polar surface area (TPSA) is 98.6 Å². The molecule has 0 bridgehead atoms. The van der Waals surface area contributed by atoms with Crippen LogP contribution in [0.2, 0.25) is 0 Å². The van der Waals surface area contributed by atoms with E-state index in [1.165, 1.54) is 12.0 Å². The highest BCUT2D eigenvalue weighted by molar-refractivity contribution is 6.01. The van der Waals surface area contributed by atoms with Crippen molar-refractivity contribution in [2.75, 3.05) is 25.5 Å². The number of rotatable bonds is 9. The van der Waals surface area contributed by atoms with E-state index in [1.807, 2.05) is 69.4 Å². The smallest absolute Gasteiger partial charge is 0.410 e. The molecule has 1 saturated carbocycles. The summed E-state index contributed by atoms with van der Waals surface area (Å²) in [5.41, 5.74) is 4.63. The number of amides is 2. The molecule has 274 valence electrons. The number of nitrogens with one attached hydrogen (secondary N) is 1. The lowest BCUT2D eigenvalue weighted by Gasteiger charge is -2.37. The van der Waals surface area contributed by atoms with Gasteiger partial charge in [0.1, 0.15) is 16.8 Å². The molecule has 1 saturated heterocycles.